The number of methoxy groups -OCH3 is 1. The molecular weight excluding hydrogens is 296 g/mol. The van der Waals surface area contributed by atoms with Crippen LogP contribution in [0.5, 0.6) is 5.88 Å². The second-order valence-electron chi connectivity index (χ2n) is 5.42. The van der Waals surface area contributed by atoms with Gasteiger partial charge in [0.1, 0.15) is 0 Å². The average molecular weight is 316 g/mol. The third kappa shape index (κ3) is 4.01. The van der Waals surface area contributed by atoms with Crippen LogP contribution < -0.4 is 10.1 Å². The molecule has 1 heterocycles. The van der Waals surface area contributed by atoms with Gasteiger partial charge in [0.15, 0.2) is 0 Å². The molecule has 0 fully saturated rings. The molecule has 1 aromatic heterocycles. The lowest BCUT2D eigenvalue weighted by Crippen LogP contribution is -2.34. The number of carbonyl (C=O) groups is 1. The predicted octanol–water partition coefficient (Wildman–Crippen LogP) is 3.91. The number of rotatable bonds is 5. The van der Waals surface area contributed by atoms with Gasteiger partial charge in [0.05, 0.1) is 23.7 Å². The van der Waals surface area contributed by atoms with Crippen LogP contribution in [0, 0.1) is 6.92 Å². The minimum absolute atomic E-state index is 0.0589. The lowest BCUT2D eigenvalue weighted by Gasteiger charge is -2.23. The van der Waals surface area contributed by atoms with E-state index in [2.05, 4.69) is 10.3 Å². The molecule has 1 amide bonds. The number of hydrogen-bond donors (Lipinski definition) is 1. The first-order chi connectivity index (χ1) is 10.4. The van der Waals surface area contributed by atoms with Gasteiger partial charge >= 0.3 is 0 Å². The number of nitrogens with one attached hydrogen (secondary N) is 1. The molecule has 4 nitrogen and oxygen atoms in total. The van der Waals surface area contributed by atoms with Gasteiger partial charge in [0, 0.05) is 11.0 Å². The summed E-state index contributed by atoms with van der Waals surface area (Å²) in [6.45, 7) is 5.73. The maximum absolute atomic E-state index is 12.6. The zero-order valence-corrected chi connectivity index (χ0v) is 14.0. The van der Waals surface area contributed by atoms with Crippen molar-refractivity contribution in [1.29, 1.82) is 0 Å². The fourth-order valence-corrected chi connectivity index (χ4v) is 2.90. The number of aromatic nitrogens is 1. The van der Waals surface area contributed by atoms with E-state index in [0.717, 1.165) is 10.5 Å². The van der Waals surface area contributed by atoms with Crippen LogP contribution >= 0.6 is 11.8 Å². The standard InChI is InChI=1S/C17H20N2O2S/c1-12-10-15(21-4)18-11-14(12)19-16(20)17(2,3)22-13-8-6-5-7-9-13/h5-11H,1-4H3,(H,19,20). The molecule has 0 unspecified atom stereocenters. The van der Waals surface area contributed by atoms with Crippen LogP contribution in [-0.4, -0.2) is 22.7 Å². The lowest BCUT2D eigenvalue weighted by atomic mass is 10.1. The summed E-state index contributed by atoms with van der Waals surface area (Å²) < 4.78 is 4.48. The fraction of sp³-hybridized carbons (Fsp3) is 0.294. The lowest BCUT2D eigenvalue weighted by molar-refractivity contribution is -0.117. The van der Waals surface area contributed by atoms with Crippen molar-refractivity contribution in [2.45, 2.75) is 30.4 Å². The van der Waals surface area contributed by atoms with Crippen LogP contribution in [0.3, 0.4) is 0 Å². The molecule has 1 aromatic carbocycles. The number of amides is 1. The number of carbonyl (C=O) groups excluding carboxylic acids is 1. The van der Waals surface area contributed by atoms with E-state index in [-0.39, 0.29) is 5.91 Å². The van der Waals surface area contributed by atoms with Gasteiger partial charge in [-0.1, -0.05) is 18.2 Å². The normalized spacial score (nSPS) is 11.1. The van der Waals surface area contributed by atoms with E-state index in [1.807, 2.05) is 51.1 Å². The van der Waals surface area contributed by atoms with Gasteiger partial charge in [-0.15, -0.1) is 11.8 Å². The molecule has 0 spiro atoms. The number of hydrogen-bond acceptors (Lipinski definition) is 4. The van der Waals surface area contributed by atoms with E-state index in [1.54, 1.807) is 19.4 Å². The highest BCUT2D eigenvalue weighted by molar-refractivity contribution is 8.01. The monoisotopic (exact) mass is 316 g/mol. The van der Waals surface area contributed by atoms with E-state index in [9.17, 15) is 4.79 Å². The Kier molecular flexibility index (Phi) is 5.08. The Hall–Kier alpha value is -2.01. The van der Waals surface area contributed by atoms with Crippen molar-refractivity contribution in [3.63, 3.8) is 0 Å². The molecule has 1 N–H and O–H groups in total. The number of anilines is 1. The van der Waals surface area contributed by atoms with Crippen LogP contribution in [0.25, 0.3) is 0 Å². The summed E-state index contributed by atoms with van der Waals surface area (Å²) in [7, 11) is 1.57. The van der Waals surface area contributed by atoms with Crippen LogP contribution in [0.4, 0.5) is 5.69 Å². The fourth-order valence-electron chi connectivity index (χ4n) is 1.88. The number of aryl methyl sites for hydroxylation is 1. The number of pyridine rings is 1. The minimum atomic E-state index is -0.590. The second kappa shape index (κ2) is 6.83. The van der Waals surface area contributed by atoms with Crippen LogP contribution in [0.1, 0.15) is 19.4 Å². The molecule has 2 aromatic rings. The third-order valence-corrected chi connectivity index (χ3v) is 4.41. The zero-order valence-electron chi connectivity index (χ0n) is 13.2. The zero-order chi connectivity index (χ0) is 16.2. The predicted molar refractivity (Wildman–Crippen MR) is 90.5 cm³/mol. The summed E-state index contributed by atoms with van der Waals surface area (Å²) >= 11 is 1.53. The quantitative estimate of drug-likeness (QED) is 0.850. The Morgan fingerprint density at radius 1 is 1.27 bits per heavy atom. The molecule has 2 rings (SSSR count). The largest absolute Gasteiger partial charge is 0.481 e. The molecule has 0 aliphatic heterocycles. The summed E-state index contributed by atoms with van der Waals surface area (Å²) in [4.78, 5) is 17.7. The Bertz CT molecular complexity index is 657. The Morgan fingerprint density at radius 2 is 1.95 bits per heavy atom. The molecule has 0 atom stereocenters. The van der Waals surface area contributed by atoms with Gasteiger partial charge in [-0.2, -0.15) is 0 Å². The number of nitrogens with zero attached hydrogens (tertiary/aromatic N) is 1. The van der Waals surface area contributed by atoms with Crippen LogP contribution in [0.15, 0.2) is 47.5 Å². The van der Waals surface area contributed by atoms with Crippen molar-refractivity contribution in [3.8, 4) is 5.88 Å². The highest BCUT2D eigenvalue weighted by Crippen LogP contribution is 2.33. The maximum atomic E-state index is 12.6. The van der Waals surface area contributed by atoms with Gasteiger partial charge in [-0.05, 0) is 38.5 Å². The van der Waals surface area contributed by atoms with Gasteiger partial charge in [-0.25, -0.2) is 4.98 Å². The summed E-state index contributed by atoms with van der Waals surface area (Å²) in [5, 5.41) is 2.94. The molecule has 0 aliphatic carbocycles. The molecule has 0 radical (unpaired) electrons. The van der Waals surface area contributed by atoms with Gasteiger partial charge in [0.2, 0.25) is 11.8 Å². The minimum Gasteiger partial charge on any atom is -0.481 e. The van der Waals surface area contributed by atoms with Crippen LogP contribution in [0.2, 0.25) is 0 Å². The Balaban J connectivity index is 2.10. The van der Waals surface area contributed by atoms with E-state index in [1.165, 1.54) is 11.8 Å². The smallest absolute Gasteiger partial charge is 0.240 e. The SMILES string of the molecule is COc1cc(C)c(NC(=O)C(C)(C)Sc2ccccc2)cn1. The third-order valence-electron chi connectivity index (χ3n) is 3.21. The van der Waals surface area contributed by atoms with Crippen molar-refractivity contribution in [1.82, 2.24) is 4.98 Å². The maximum Gasteiger partial charge on any atom is 0.240 e. The highest BCUT2D eigenvalue weighted by Gasteiger charge is 2.29. The Morgan fingerprint density at radius 3 is 2.55 bits per heavy atom. The first-order valence-electron chi connectivity index (χ1n) is 6.98. The molecule has 0 saturated heterocycles. The van der Waals surface area contributed by atoms with Crippen molar-refractivity contribution in [2.24, 2.45) is 0 Å². The second-order valence-corrected chi connectivity index (χ2v) is 7.12. The van der Waals surface area contributed by atoms with E-state index in [4.69, 9.17) is 4.74 Å². The summed E-state index contributed by atoms with van der Waals surface area (Å²) in [6, 6.07) is 11.7. The molecule has 0 aliphatic rings. The van der Waals surface area contributed by atoms with Crippen molar-refractivity contribution in [3.05, 3.63) is 48.2 Å². The summed E-state index contributed by atoms with van der Waals surface area (Å²) in [5.74, 6) is 0.477. The molecule has 5 heteroatoms. The Labute approximate surface area is 135 Å². The van der Waals surface area contributed by atoms with Crippen molar-refractivity contribution < 1.29 is 9.53 Å². The number of ether oxygens (including phenoxy) is 1. The van der Waals surface area contributed by atoms with Gasteiger partial charge in [-0.3, -0.25) is 4.79 Å². The first kappa shape index (κ1) is 16.4. The van der Waals surface area contributed by atoms with Gasteiger partial charge in [0.25, 0.3) is 0 Å². The number of benzene rings is 1. The number of thioether (sulfide) groups is 1. The first-order valence-corrected chi connectivity index (χ1v) is 7.80. The van der Waals surface area contributed by atoms with E-state index in [0.29, 0.717) is 11.6 Å². The topological polar surface area (TPSA) is 51.2 Å². The molecule has 0 saturated carbocycles. The van der Waals surface area contributed by atoms with Crippen molar-refractivity contribution in [2.75, 3.05) is 12.4 Å². The molecular formula is C17H20N2O2S. The molecule has 0 bridgehead atoms. The molecule has 22 heavy (non-hydrogen) atoms. The van der Waals surface area contributed by atoms with Gasteiger partial charge < -0.3 is 10.1 Å². The van der Waals surface area contributed by atoms with E-state index >= 15 is 0 Å². The molecule has 116 valence electrons. The van der Waals surface area contributed by atoms with Crippen molar-refractivity contribution >= 4 is 23.4 Å². The van der Waals surface area contributed by atoms with Crippen LogP contribution in [-0.2, 0) is 4.79 Å². The van der Waals surface area contributed by atoms with E-state index < -0.39 is 4.75 Å². The highest BCUT2D eigenvalue weighted by atomic mass is 32.2. The average Bonchev–Trinajstić information content (AvgIpc) is 2.49. The summed E-state index contributed by atoms with van der Waals surface area (Å²) in [6.07, 6.45) is 1.62. The summed E-state index contributed by atoms with van der Waals surface area (Å²) in [5.41, 5.74) is 1.62.